The number of aliphatic hydroxyl groups excluding tert-OH is 1. The molecule has 0 spiro atoms. The molecule has 2 bridgehead atoms. The molecule has 15 nitrogen and oxygen atoms in total. The van der Waals surface area contributed by atoms with E-state index in [1.807, 2.05) is 32.8 Å². The number of benzene rings is 1. The molecule has 0 saturated carbocycles. The molecule has 13 atom stereocenters. The van der Waals surface area contributed by atoms with Crippen LogP contribution in [0.3, 0.4) is 0 Å². The number of amides is 1. The number of ketones is 1. The molecule has 0 aromatic heterocycles. The third kappa shape index (κ3) is 10.8. The van der Waals surface area contributed by atoms with E-state index in [9.17, 15) is 33.0 Å². The number of likely N-dealkylation sites (N-methyl/N-ethyl adjacent to an activating group) is 1. The molecule has 3 aliphatic rings. The quantitative estimate of drug-likeness (QED) is 0.267. The first-order valence-corrected chi connectivity index (χ1v) is 21.2. The van der Waals surface area contributed by atoms with Gasteiger partial charge in [0, 0.05) is 36.7 Å². The van der Waals surface area contributed by atoms with E-state index in [4.69, 9.17) is 23.7 Å². The van der Waals surface area contributed by atoms with Crippen LogP contribution >= 0.6 is 0 Å². The molecule has 320 valence electrons. The summed E-state index contributed by atoms with van der Waals surface area (Å²) < 4.78 is 61.5. The van der Waals surface area contributed by atoms with Crippen molar-refractivity contribution >= 4 is 33.4 Å². The minimum atomic E-state index is -4.04. The minimum absolute atomic E-state index is 0.0238. The molecule has 3 N–H and O–H groups in total. The van der Waals surface area contributed by atoms with Gasteiger partial charge in [0.2, 0.25) is 5.91 Å². The predicted octanol–water partition coefficient (Wildman–Crippen LogP) is 3.41. The number of hydrogen-bond donors (Lipinski definition) is 3. The van der Waals surface area contributed by atoms with Gasteiger partial charge in [-0.1, -0.05) is 45.9 Å². The lowest BCUT2D eigenvalue weighted by atomic mass is 9.73. The zero-order valence-electron chi connectivity index (χ0n) is 35.1. The summed E-state index contributed by atoms with van der Waals surface area (Å²) in [7, 11) is -0.363. The monoisotopic (exact) mass is 821 g/mol. The maximum absolute atomic E-state index is 14.5. The zero-order valence-corrected chi connectivity index (χ0v) is 35.9. The molecule has 57 heavy (non-hydrogen) atoms. The van der Waals surface area contributed by atoms with Crippen LogP contribution in [-0.4, -0.2) is 128 Å². The number of carbonyl (C=O) groups excluding carboxylic acids is 3. The number of Topliss-reactive ketones (excluding diaryl/α,β-unsaturated/α-hetero) is 1. The van der Waals surface area contributed by atoms with Gasteiger partial charge in [-0.25, -0.2) is 13.4 Å². The van der Waals surface area contributed by atoms with Crippen molar-refractivity contribution in [1.82, 2.24) is 9.62 Å². The number of nitrogens with zero attached hydrogens (tertiary/aromatic N) is 2. The van der Waals surface area contributed by atoms with E-state index in [2.05, 4.69) is 9.71 Å². The van der Waals surface area contributed by atoms with Gasteiger partial charge in [-0.15, -0.1) is 0 Å². The van der Waals surface area contributed by atoms with Gasteiger partial charge in [0.25, 0.3) is 10.0 Å². The molecule has 1 amide bonds. The zero-order chi connectivity index (χ0) is 42.6. The number of ether oxygens (including phenoxy) is 5. The lowest BCUT2D eigenvalue weighted by Crippen LogP contribution is -2.60. The average molecular weight is 822 g/mol. The van der Waals surface area contributed by atoms with Crippen LogP contribution in [0.4, 0.5) is 0 Å². The highest BCUT2D eigenvalue weighted by atomic mass is 32.2. The second-order valence-electron chi connectivity index (χ2n) is 16.6. The molecular formula is C41H63N3O12S. The number of sulfonamides is 1. The Morgan fingerprint density at radius 3 is 2.32 bits per heavy atom. The van der Waals surface area contributed by atoms with Crippen LogP contribution < -0.4 is 4.72 Å². The fourth-order valence-corrected chi connectivity index (χ4v) is 9.46. The van der Waals surface area contributed by atoms with Crippen molar-refractivity contribution in [3.05, 3.63) is 42.1 Å². The number of nitrogens with one attached hydrogen (secondary N) is 1. The van der Waals surface area contributed by atoms with Gasteiger partial charge < -0.3 is 38.8 Å². The van der Waals surface area contributed by atoms with E-state index in [1.165, 1.54) is 39.1 Å². The third-order valence-electron chi connectivity index (χ3n) is 11.6. The molecule has 5 unspecified atom stereocenters. The predicted molar refractivity (Wildman–Crippen MR) is 211 cm³/mol. The summed E-state index contributed by atoms with van der Waals surface area (Å²) in [5.41, 5.74) is -2.72. The molecule has 3 fully saturated rings. The number of carbonyl (C=O) groups is 3. The Kier molecular flexibility index (Phi) is 15.4. The van der Waals surface area contributed by atoms with Crippen LogP contribution in [0.1, 0.15) is 81.6 Å². The Labute approximate surface area is 337 Å². The number of aliphatic imine (C=N–C) groups is 1. The summed E-state index contributed by atoms with van der Waals surface area (Å²) in [6.45, 7) is 14.2. The highest BCUT2D eigenvalue weighted by molar-refractivity contribution is 7.89. The Hall–Kier alpha value is -3.09. The Morgan fingerprint density at radius 1 is 1.07 bits per heavy atom. The van der Waals surface area contributed by atoms with E-state index < -0.39 is 93.3 Å². The van der Waals surface area contributed by atoms with Gasteiger partial charge >= 0.3 is 5.97 Å². The van der Waals surface area contributed by atoms with Crippen molar-refractivity contribution in [1.29, 1.82) is 0 Å². The summed E-state index contributed by atoms with van der Waals surface area (Å²) in [5.74, 6) is -5.63. The number of esters is 1. The van der Waals surface area contributed by atoms with E-state index >= 15 is 0 Å². The molecule has 0 radical (unpaired) electrons. The van der Waals surface area contributed by atoms with Crippen LogP contribution in [-0.2, 0) is 48.1 Å². The summed E-state index contributed by atoms with van der Waals surface area (Å²) in [6, 6.07) is 7.45. The van der Waals surface area contributed by atoms with Crippen molar-refractivity contribution in [3.8, 4) is 0 Å². The summed E-state index contributed by atoms with van der Waals surface area (Å²) in [4.78, 5) is 47.4. The number of cyclic esters (lactones) is 1. The minimum Gasteiger partial charge on any atom is -0.459 e. The summed E-state index contributed by atoms with van der Waals surface area (Å²) in [5, 5.41) is 24.0. The molecule has 16 heteroatoms. The fraction of sp³-hybridized carbons (Fsp3) is 0.707. The van der Waals surface area contributed by atoms with Crippen molar-refractivity contribution in [3.63, 3.8) is 0 Å². The summed E-state index contributed by atoms with van der Waals surface area (Å²) >= 11 is 0. The standard InChI is InChI=1S/C41H63N3O12S/c1-12-32-41(9,49)37-25(4)33(43-28(7)45)23(2)19-40(8,53-22-29(21-52-37)20-42-57(50,51)30-16-14-13-15-17-30)36(26(5)34(46)27(6)38(48)55-32)56-39-35(47)31(44(10)11)18-24(3)54-39/h13-17,20,23-27,31-32,35-37,39,42,47,49H,12,18-19,21-22H2,1-11H3/b29-20-,43-33?/t23?,24-,25?,26+,27-,31+,32-,35?,36?,37?,39+,40-,41-/m1/s1. The van der Waals surface area contributed by atoms with Crippen molar-refractivity contribution in [2.45, 2.75) is 141 Å². The molecule has 3 saturated heterocycles. The fourth-order valence-electron chi connectivity index (χ4n) is 8.49. The maximum Gasteiger partial charge on any atom is 0.316 e. The first kappa shape index (κ1) is 46.6. The molecule has 3 heterocycles. The maximum atomic E-state index is 14.5. The van der Waals surface area contributed by atoms with Gasteiger partial charge in [0.15, 0.2) is 12.1 Å². The van der Waals surface area contributed by atoms with Crippen LogP contribution in [0.15, 0.2) is 52.0 Å². The largest absolute Gasteiger partial charge is 0.459 e. The lowest BCUT2D eigenvalue weighted by molar-refractivity contribution is -0.296. The van der Waals surface area contributed by atoms with Crippen LogP contribution in [0.2, 0.25) is 0 Å². The van der Waals surface area contributed by atoms with Crippen LogP contribution in [0, 0.1) is 23.7 Å². The molecule has 1 aromatic rings. The van der Waals surface area contributed by atoms with Crippen LogP contribution in [0.5, 0.6) is 0 Å². The highest BCUT2D eigenvalue weighted by Crippen LogP contribution is 2.40. The second-order valence-corrected chi connectivity index (χ2v) is 18.3. The highest BCUT2D eigenvalue weighted by Gasteiger charge is 2.53. The normalized spacial score (nSPS) is 39.2. The van der Waals surface area contributed by atoms with Crippen molar-refractivity contribution in [2.75, 3.05) is 27.3 Å². The SMILES string of the molecule is CC[C@H]1OC(=O)[C@H](C)C(=O)[C@H](C)C(O[C@@H]2O[C@H](C)C[C@H](N(C)C)C2O)[C@@]2(C)CC(C)C(=NC(C)=O)C(C)C(OC/C(=C/NS(=O)(=O)c3ccccc3)CO2)[C@]1(C)O. The third-order valence-corrected chi connectivity index (χ3v) is 13.0. The van der Waals surface area contributed by atoms with Gasteiger partial charge in [-0.05, 0) is 84.7 Å². The molecule has 1 aromatic carbocycles. The average Bonchev–Trinajstić information content (AvgIpc) is 3.16. The van der Waals surface area contributed by atoms with E-state index in [1.54, 1.807) is 45.9 Å². The molecular weight excluding hydrogens is 759 g/mol. The number of rotatable bonds is 7. The van der Waals surface area contributed by atoms with Gasteiger partial charge in [0.1, 0.15) is 23.7 Å². The van der Waals surface area contributed by atoms with Crippen LogP contribution in [0.25, 0.3) is 0 Å². The number of hydrogen-bond acceptors (Lipinski definition) is 13. The molecule has 0 aliphatic carbocycles. The van der Waals surface area contributed by atoms with Crippen molar-refractivity contribution < 1.29 is 56.7 Å². The Morgan fingerprint density at radius 2 is 1.72 bits per heavy atom. The van der Waals surface area contributed by atoms with Gasteiger partial charge in [-0.2, -0.15) is 0 Å². The van der Waals surface area contributed by atoms with E-state index in [0.29, 0.717) is 17.7 Å². The Balaban J connectivity index is 1.98. The molecule has 4 rings (SSSR count). The Bertz CT molecular complexity index is 1750. The topological polar surface area (TPSA) is 200 Å². The summed E-state index contributed by atoms with van der Waals surface area (Å²) in [6.07, 6.45) is -4.26. The van der Waals surface area contributed by atoms with Gasteiger partial charge in [-0.3, -0.25) is 19.1 Å². The number of aliphatic hydroxyl groups is 2. The van der Waals surface area contributed by atoms with E-state index in [0.717, 1.165) is 0 Å². The van der Waals surface area contributed by atoms with Gasteiger partial charge in [0.05, 0.1) is 42.0 Å². The number of fused-ring (bicyclic) bond motifs is 5. The van der Waals surface area contributed by atoms with Crippen molar-refractivity contribution in [2.24, 2.45) is 28.7 Å². The lowest BCUT2D eigenvalue weighted by Gasteiger charge is -2.47. The van der Waals surface area contributed by atoms with E-state index in [-0.39, 0.29) is 43.1 Å². The second kappa shape index (κ2) is 18.9. The first-order valence-electron chi connectivity index (χ1n) is 19.8. The molecule has 3 aliphatic heterocycles. The smallest absolute Gasteiger partial charge is 0.316 e. The first-order chi connectivity index (χ1) is 26.5.